The fourth-order valence-electron chi connectivity index (χ4n) is 4.53. The highest BCUT2D eigenvalue weighted by atomic mass is 32.2. The van der Waals surface area contributed by atoms with Gasteiger partial charge in [0.25, 0.3) is 0 Å². The summed E-state index contributed by atoms with van der Waals surface area (Å²) in [5.74, 6) is 0.774. The summed E-state index contributed by atoms with van der Waals surface area (Å²) >= 11 is 0. The molecule has 44 heavy (non-hydrogen) atoms. The second-order valence-electron chi connectivity index (χ2n) is 9.41. The summed E-state index contributed by atoms with van der Waals surface area (Å²) in [5, 5.41) is 0. The quantitative estimate of drug-likeness (QED) is 0.175. The van der Waals surface area contributed by atoms with Gasteiger partial charge in [-0.05, 0) is 41.5 Å². The highest BCUT2D eigenvalue weighted by molar-refractivity contribution is 7.86. The third kappa shape index (κ3) is 7.47. The van der Waals surface area contributed by atoms with Crippen LogP contribution < -0.4 is 32.1 Å². The van der Waals surface area contributed by atoms with Gasteiger partial charge < -0.3 is 32.1 Å². The lowest BCUT2D eigenvalue weighted by molar-refractivity contribution is 0.296. The first kappa shape index (κ1) is 32.3. The van der Waals surface area contributed by atoms with Crippen LogP contribution in [0.3, 0.4) is 0 Å². The molecule has 0 radical (unpaired) electrons. The van der Waals surface area contributed by atoms with Gasteiger partial charge in [-0.1, -0.05) is 42.5 Å². The Labute approximate surface area is 257 Å². The van der Waals surface area contributed by atoms with E-state index in [2.05, 4.69) is 0 Å². The smallest absolute Gasteiger partial charge is 0.306 e. The molecule has 4 rings (SSSR count). The van der Waals surface area contributed by atoms with Crippen molar-refractivity contribution in [3.63, 3.8) is 0 Å². The maximum Gasteiger partial charge on any atom is 0.306 e. The Kier molecular flexibility index (Phi) is 9.80. The van der Waals surface area contributed by atoms with E-state index < -0.39 is 20.2 Å². The van der Waals surface area contributed by atoms with E-state index in [9.17, 15) is 16.8 Å². The number of hydrogen-bond donors (Lipinski definition) is 0. The number of methoxy groups -OCH3 is 4. The van der Waals surface area contributed by atoms with E-state index in [1.165, 1.54) is 40.6 Å². The lowest BCUT2D eigenvalue weighted by Crippen LogP contribution is -2.10. The van der Waals surface area contributed by atoms with Crippen molar-refractivity contribution in [1.82, 2.24) is 0 Å². The second kappa shape index (κ2) is 13.3. The van der Waals surface area contributed by atoms with E-state index in [0.29, 0.717) is 22.6 Å². The first-order chi connectivity index (χ1) is 20.9. The molecule has 0 saturated heterocycles. The van der Waals surface area contributed by atoms with Crippen LogP contribution in [0.5, 0.6) is 40.2 Å². The zero-order valence-electron chi connectivity index (χ0n) is 24.9. The first-order valence-corrected chi connectivity index (χ1v) is 16.6. The Morgan fingerprint density at radius 1 is 0.545 bits per heavy atom. The maximum absolute atomic E-state index is 12.6. The minimum Gasteiger partial charge on any atom is -0.496 e. The molecule has 4 aromatic carbocycles. The molecule has 0 aromatic heterocycles. The van der Waals surface area contributed by atoms with Crippen LogP contribution in [0.1, 0.15) is 5.56 Å². The summed E-state index contributed by atoms with van der Waals surface area (Å²) in [6.07, 6.45) is 1.79. The average molecular weight is 645 g/mol. The van der Waals surface area contributed by atoms with Crippen molar-refractivity contribution in [2.24, 2.45) is 0 Å². The largest absolute Gasteiger partial charge is 0.496 e. The Morgan fingerprint density at radius 3 is 1.70 bits per heavy atom. The van der Waals surface area contributed by atoms with Crippen molar-refractivity contribution in [2.75, 3.05) is 41.0 Å². The molecule has 0 saturated carbocycles. The van der Waals surface area contributed by atoms with Crippen molar-refractivity contribution in [3.05, 3.63) is 78.4 Å². The topological polar surface area (TPSA) is 133 Å². The van der Waals surface area contributed by atoms with E-state index in [1.54, 1.807) is 30.3 Å². The molecule has 0 fully saturated rings. The van der Waals surface area contributed by atoms with Crippen LogP contribution in [-0.2, 0) is 26.8 Å². The monoisotopic (exact) mass is 644 g/mol. The summed E-state index contributed by atoms with van der Waals surface area (Å²) in [6.45, 7) is 0.134. The molecule has 13 heteroatoms. The standard InChI is InChI=1S/C31H32O11S2/c1-36-24-13-10-14-25(37-2)29(24)22-18-27(38-3)28(31(30(22)39-4)42-44(6,34)35)21-15-16-23(26(17-21)41-43(5,32)33)40-19-20-11-8-7-9-12-20/h7-18H,19H2,1-6H3. The summed E-state index contributed by atoms with van der Waals surface area (Å²) in [7, 11) is -2.42. The molecule has 0 bridgehead atoms. The van der Waals surface area contributed by atoms with Gasteiger partial charge in [0.15, 0.2) is 23.0 Å². The fourth-order valence-corrected chi connectivity index (χ4v) is 5.45. The summed E-state index contributed by atoms with van der Waals surface area (Å²) in [4.78, 5) is 0. The van der Waals surface area contributed by atoms with Gasteiger partial charge in [-0.15, -0.1) is 0 Å². The normalized spacial score (nSPS) is 11.4. The van der Waals surface area contributed by atoms with Crippen LogP contribution >= 0.6 is 0 Å². The maximum atomic E-state index is 12.6. The zero-order valence-corrected chi connectivity index (χ0v) is 26.6. The Morgan fingerprint density at radius 2 is 1.16 bits per heavy atom. The van der Waals surface area contributed by atoms with Crippen molar-refractivity contribution in [1.29, 1.82) is 0 Å². The molecule has 0 amide bonds. The molecule has 234 valence electrons. The highest BCUT2D eigenvalue weighted by Crippen LogP contribution is 2.54. The summed E-state index contributed by atoms with van der Waals surface area (Å²) < 4.78 is 89.0. The van der Waals surface area contributed by atoms with Gasteiger partial charge in [0.1, 0.15) is 23.9 Å². The molecule has 4 aromatic rings. The van der Waals surface area contributed by atoms with Crippen LogP contribution in [0.4, 0.5) is 0 Å². The Balaban J connectivity index is 2.00. The molecule has 0 spiro atoms. The molecular weight excluding hydrogens is 612 g/mol. The molecule has 0 N–H and O–H groups in total. The van der Waals surface area contributed by atoms with Gasteiger partial charge in [0.05, 0.1) is 52.1 Å². The van der Waals surface area contributed by atoms with Gasteiger partial charge in [-0.3, -0.25) is 0 Å². The molecule has 0 aliphatic heterocycles. The lowest BCUT2D eigenvalue weighted by Gasteiger charge is -2.22. The number of hydrogen-bond acceptors (Lipinski definition) is 11. The van der Waals surface area contributed by atoms with E-state index in [-0.39, 0.29) is 46.5 Å². The zero-order chi connectivity index (χ0) is 32.1. The van der Waals surface area contributed by atoms with Crippen LogP contribution in [-0.4, -0.2) is 57.8 Å². The van der Waals surface area contributed by atoms with E-state index in [1.807, 2.05) is 30.3 Å². The van der Waals surface area contributed by atoms with Crippen molar-refractivity contribution in [3.8, 4) is 62.5 Å². The van der Waals surface area contributed by atoms with E-state index >= 15 is 0 Å². The van der Waals surface area contributed by atoms with Crippen LogP contribution in [0.25, 0.3) is 22.3 Å². The third-order valence-electron chi connectivity index (χ3n) is 6.27. The van der Waals surface area contributed by atoms with Crippen molar-refractivity contribution >= 4 is 20.2 Å². The predicted octanol–water partition coefficient (Wildman–Crippen LogP) is 5.31. The van der Waals surface area contributed by atoms with Crippen LogP contribution in [0, 0.1) is 0 Å². The molecule has 0 heterocycles. The highest BCUT2D eigenvalue weighted by Gasteiger charge is 2.29. The molecule has 0 aliphatic rings. The van der Waals surface area contributed by atoms with Crippen LogP contribution in [0.2, 0.25) is 0 Å². The lowest BCUT2D eigenvalue weighted by atomic mass is 9.95. The molecule has 0 atom stereocenters. The molecular formula is C31H32O11S2. The van der Waals surface area contributed by atoms with E-state index in [4.69, 9.17) is 32.1 Å². The number of ether oxygens (including phenoxy) is 5. The molecule has 0 unspecified atom stereocenters. The predicted molar refractivity (Wildman–Crippen MR) is 165 cm³/mol. The van der Waals surface area contributed by atoms with Gasteiger partial charge in [-0.2, -0.15) is 16.8 Å². The average Bonchev–Trinajstić information content (AvgIpc) is 2.98. The van der Waals surface area contributed by atoms with E-state index in [0.717, 1.165) is 18.1 Å². The van der Waals surface area contributed by atoms with Crippen LogP contribution in [0.15, 0.2) is 72.8 Å². The number of rotatable bonds is 13. The summed E-state index contributed by atoms with van der Waals surface area (Å²) in [6, 6.07) is 20.5. The minimum absolute atomic E-state index is 0.0176. The van der Waals surface area contributed by atoms with Crippen molar-refractivity contribution < 1.29 is 48.9 Å². The Bertz CT molecular complexity index is 1830. The second-order valence-corrected chi connectivity index (χ2v) is 12.6. The Hall–Kier alpha value is -4.62. The number of benzene rings is 4. The van der Waals surface area contributed by atoms with Gasteiger partial charge in [0, 0.05) is 5.56 Å². The third-order valence-corrected chi connectivity index (χ3v) is 7.22. The van der Waals surface area contributed by atoms with Crippen molar-refractivity contribution in [2.45, 2.75) is 6.61 Å². The molecule has 0 aliphatic carbocycles. The first-order valence-electron chi connectivity index (χ1n) is 13.0. The minimum atomic E-state index is -4.13. The summed E-state index contributed by atoms with van der Waals surface area (Å²) in [5.41, 5.74) is 2.06. The SMILES string of the molecule is COc1cccc(OC)c1-c1cc(OC)c(-c2ccc(OCc3ccccc3)c(OS(C)(=O)=O)c2)c(OS(C)(=O)=O)c1OC. The molecule has 11 nitrogen and oxygen atoms in total. The van der Waals surface area contributed by atoms with Gasteiger partial charge in [-0.25, -0.2) is 0 Å². The van der Waals surface area contributed by atoms with Gasteiger partial charge >= 0.3 is 20.2 Å². The fraction of sp³-hybridized carbons (Fsp3) is 0.226. The van der Waals surface area contributed by atoms with Gasteiger partial charge in [0.2, 0.25) is 0 Å².